The summed E-state index contributed by atoms with van der Waals surface area (Å²) in [7, 11) is 0. The third-order valence-corrected chi connectivity index (χ3v) is 3.10. The molecule has 0 aliphatic carbocycles. The van der Waals surface area contributed by atoms with Crippen molar-refractivity contribution in [2.75, 3.05) is 26.2 Å². The Morgan fingerprint density at radius 3 is 2.56 bits per heavy atom. The standard InChI is InChI=1S/C12H21N3O3/c1-3-15(4-2)11(17)5-6-13-12(18)9-7-10(16)14-8-9/h9H,3-8H2,1-2H3,(H,13,18)(H,14,16). The van der Waals surface area contributed by atoms with E-state index in [2.05, 4.69) is 10.6 Å². The minimum Gasteiger partial charge on any atom is -0.355 e. The van der Waals surface area contributed by atoms with E-state index in [1.54, 1.807) is 4.90 Å². The third kappa shape index (κ3) is 4.01. The fourth-order valence-corrected chi connectivity index (χ4v) is 1.96. The normalized spacial score (nSPS) is 18.3. The molecule has 1 atom stereocenters. The molecule has 3 amide bonds. The van der Waals surface area contributed by atoms with Crippen LogP contribution in [0.25, 0.3) is 0 Å². The van der Waals surface area contributed by atoms with Gasteiger partial charge in [-0.1, -0.05) is 0 Å². The van der Waals surface area contributed by atoms with Crippen LogP contribution in [0.2, 0.25) is 0 Å². The van der Waals surface area contributed by atoms with Gasteiger partial charge in [-0.05, 0) is 13.8 Å². The summed E-state index contributed by atoms with van der Waals surface area (Å²) in [5, 5.41) is 5.31. The summed E-state index contributed by atoms with van der Waals surface area (Å²) in [6.07, 6.45) is 0.553. The Kier molecular flexibility index (Phi) is 5.61. The maximum atomic E-state index is 11.7. The Hall–Kier alpha value is -1.59. The van der Waals surface area contributed by atoms with Gasteiger partial charge in [0.25, 0.3) is 0 Å². The largest absolute Gasteiger partial charge is 0.355 e. The molecule has 0 radical (unpaired) electrons. The molecule has 1 rings (SSSR count). The minimum absolute atomic E-state index is 0.0425. The number of nitrogens with one attached hydrogen (secondary N) is 2. The lowest BCUT2D eigenvalue weighted by molar-refractivity contribution is -0.131. The van der Waals surface area contributed by atoms with Crippen LogP contribution in [0.3, 0.4) is 0 Å². The van der Waals surface area contributed by atoms with Crippen LogP contribution in [0, 0.1) is 5.92 Å². The summed E-state index contributed by atoms with van der Waals surface area (Å²) in [4.78, 5) is 36.0. The minimum atomic E-state index is -0.291. The second kappa shape index (κ2) is 6.98. The first-order valence-corrected chi connectivity index (χ1v) is 6.40. The fraction of sp³-hybridized carbons (Fsp3) is 0.750. The van der Waals surface area contributed by atoms with Gasteiger partial charge in [-0.25, -0.2) is 0 Å². The van der Waals surface area contributed by atoms with Gasteiger partial charge in [-0.15, -0.1) is 0 Å². The molecule has 0 bridgehead atoms. The van der Waals surface area contributed by atoms with Crippen LogP contribution in [0.15, 0.2) is 0 Å². The van der Waals surface area contributed by atoms with Crippen molar-refractivity contribution in [3.63, 3.8) is 0 Å². The molecule has 18 heavy (non-hydrogen) atoms. The second-order valence-electron chi connectivity index (χ2n) is 4.31. The van der Waals surface area contributed by atoms with E-state index in [1.165, 1.54) is 0 Å². The average Bonchev–Trinajstić information content (AvgIpc) is 2.77. The van der Waals surface area contributed by atoms with Crippen molar-refractivity contribution in [2.45, 2.75) is 26.7 Å². The first-order chi connectivity index (χ1) is 8.58. The molecule has 0 spiro atoms. The number of hydrogen-bond acceptors (Lipinski definition) is 3. The van der Waals surface area contributed by atoms with Crippen molar-refractivity contribution in [3.05, 3.63) is 0 Å². The van der Waals surface area contributed by atoms with Crippen LogP contribution >= 0.6 is 0 Å². The van der Waals surface area contributed by atoms with Crippen LogP contribution in [-0.2, 0) is 14.4 Å². The monoisotopic (exact) mass is 255 g/mol. The van der Waals surface area contributed by atoms with E-state index in [4.69, 9.17) is 0 Å². The SMILES string of the molecule is CCN(CC)C(=O)CCNC(=O)C1CNC(=O)C1. The van der Waals surface area contributed by atoms with Crippen LogP contribution in [0.1, 0.15) is 26.7 Å². The molecule has 6 heteroatoms. The second-order valence-corrected chi connectivity index (χ2v) is 4.31. The zero-order valence-corrected chi connectivity index (χ0v) is 11.0. The lowest BCUT2D eigenvalue weighted by Gasteiger charge is -2.18. The van der Waals surface area contributed by atoms with Gasteiger partial charge in [0, 0.05) is 39.0 Å². The van der Waals surface area contributed by atoms with Gasteiger partial charge in [-0.3, -0.25) is 14.4 Å². The summed E-state index contributed by atoms with van der Waals surface area (Å²) in [6, 6.07) is 0. The topological polar surface area (TPSA) is 78.5 Å². The Bertz CT molecular complexity index is 327. The molecule has 0 saturated carbocycles. The van der Waals surface area contributed by atoms with Gasteiger partial charge in [0.05, 0.1) is 5.92 Å². The van der Waals surface area contributed by atoms with Crippen molar-refractivity contribution in [2.24, 2.45) is 5.92 Å². The van der Waals surface area contributed by atoms with Gasteiger partial charge in [-0.2, -0.15) is 0 Å². The summed E-state index contributed by atoms with van der Waals surface area (Å²) in [6.45, 7) is 5.95. The Labute approximate surface area is 107 Å². The van der Waals surface area contributed by atoms with Crippen LogP contribution in [-0.4, -0.2) is 48.8 Å². The maximum Gasteiger partial charge on any atom is 0.225 e. The van der Waals surface area contributed by atoms with Gasteiger partial charge in [0.2, 0.25) is 17.7 Å². The first-order valence-electron chi connectivity index (χ1n) is 6.40. The highest BCUT2D eigenvalue weighted by Gasteiger charge is 2.27. The Morgan fingerprint density at radius 1 is 1.39 bits per heavy atom. The van der Waals surface area contributed by atoms with Crippen molar-refractivity contribution < 1.29 is 14.4 Å². The van der Waals surface area contributed by atoms with Crippen molar-refractivity contribution in [3.8, 4) is 0 Å². The zero-order chi connectivity index (χ0) is 13.5. The van der Waals surface area contributed by atoms with Crippen molar-refractivity contribution in [1.82, 2.24) is 15.5 Å². The molecule has 0 aromatic rings. The molecule has 1 fully saturated rings. The summed E-state index contributed by atoms with van der Waals surface area (Å²) in [5.74, 6) is -0.489. The quantitative estimate of drug-likeness (QED) is 0.671. The smallest absolute Gasteiger partial charge is 0.225 e. The highest BCUT2D eigenvalue weighted by Crippen LogP contribution is 2.08. The number of amides is 3. The number of hydrogen-bond donors (Lipinski definition) is 2. The maximum absolute atomic E-state index is 11.7. The number of carbonyl (C=O) groups excluding carboxylic acids is 3. The van der Waals surface area contributed by atoms with Crippen LogP contribution < -0.4 is 10.6 Å². The molecule has 0 aromatic heterocycles. The Morgan fingerprint density at radius 2 is 2.06 bits per heavy atom. The molecule has 2 N–H and O–H groups in total. The highest BCUT2D eigenvalue weighted by atomic mass is 16.2. The van der Waals surface area contributed by atoms with Gasteiger partial charge in [0.15, 0.2) is 0 Å². The first kappa shape index (κ1) is 14.5. The molecule has 1 aliphatic heterocycles. The average molecular weight is 255 g/mol. The Balaban J connectivity index is 2.23. The molecular formula is C12H21N3O3. The van der Waals surface area contributed by atoms with E-state index in [9.17, 15) is 14.4 Å². The third-order valence-electron chi connectivity index (χ3n) is 3.10. The predicted octanol–water partition coefficient (Wildman–Crippen LogP) is -0.503. The molecule has 102 valence electrons. The fourth-order valence-electron chi connectivity index (χ4n) is 1.96. The molecule has 1 unspecified atom stereocenters. The molecule has 1 heterocycles. The molecule has 1 aliphatic rings. The summed E-state index contributed by atoms with van der Waals surface area (Å²) in [5.41, 5.74) is 0. The number of rotatable bonds is 6. The predicted molar refractivity (Wildman–Crippen MR) is 66.7 cm³/mol. The van der Waals surface area contributed by atoms with E-state index in [0.29, 0.717) is 32.6 Å². The number of nitrogens with zero attached hydrogens (tertiary/aromatic N) is 1. The molecule has 0 aromatic carbocycles. The van der Waals surface area contributed by atoms with E-state index >= 15 is 0 Å². The zero-order valence-electron chi connectivity index (χ0n) is 11.0. The summed E-state index contributed by atoms with van der Waals surface area (Å²) >= 11 is 0. The van der Waals surface area contributed by atoms with Crippen molar-refractivity contribution in [1.29, 1.82) is 0 Å². The van der Waals surface area contributed by atoms with Crippen molar-refractivity contribution >= 4 is 17.7 Å². The molecular weight excluding hydrogens is 234 g/mol. The van der Waals surface area contributed by atoms with Crippen LogP contribution in [0.5, 0.6) is 0 Å². The lowest BCUT2D eigenvalue weighted by Crippen LogP contribution is -2.36. The number of carbonyl (C=O) groups is 3. The van der Waals surface area contributed by atoms with E-state index in [0.717, 1.165) is 0 Å². The molecule has 6 nitrogen and oxygen atoms in total. The lowest BCUT2D eigenvalue weighted by atomic mass is 10.1. The van der Waals surface area contributed by atoms with E-state index in [-0.39, 0.29) is 30.1 Å². The van der Waals surface area contributed by atoms with Gasteiger partial charge in [0.1, 0.15) is 0 Å². The highest BCUT2D eigenvalue weighted by molar-refractivity contribution is 5.89. The van der Waals surface area contributed by atoms with E-state index < -0.39 is 0 Å². The van der Waals surface area contributed by atoms with E-state index in [1.807, 2.05) is 13.8 Å². The van der Waals surface area contributed by atoms with Gasteiger partial charge >= 0.3 is 0 Å². The molecule has 1 saturated heterocycles. The van der Waals surface area contributed by atoms with Gasteiger partial charge < -0.3 is 15.5 Å². The van der Waals surface area contributed by atoms with Crippen LogP contribution in [0.4, 0.5) is 0 Å². The summed E-state index contributed by atoms with van der Waals surface area (Å²) < 4.78 is 0.